The molecule has 0 aliphatic carbocycles. The first-order valence-corrected chi connectivity index (χ1v) is 5.44. The van der Waals surface area contributed by atoms with Gasteiger partial charge < -0.3 is 0 Å². The summed E-state index contributed by atoms with van der Waals surface area (Å²) in [6.45, 7) is 1.58. The summed E-state index contributed by atoms with van der Waals surface area (Å²) in [5.41, 5.74) is 1.87. The normalized spacial score (nSPS) is 11.3. The van der Waals surface area contributed by atoms with Gasteiger partial charge in [0.1, 0.15) is 0 Å². The molecular formula is C11H8N2OS. The van der Waals surface area contributed by atoms with Crippen LogP contribution in [0.4, 0.5) is 0 Å². The van der Waals surface area contributed by atoms with E-state index in [-0.39, 0.29) is 5.78 Å². The lowest BCUT2D eigenvalue weighted by molar-refractivity contribution is 0.101. The number of aromatic nitrogens is 2. The van der Waals surface area contributed by atoms with Gasteiger partial charge in [-0.3, -0.25) is 9.20 Å². The fourth-order valence-electron chi connectivity index (χ4n) is 1.66. The van der Waals surface area contributed by atoms with Gasteiger partial charge in [0.2, 0.25) is 0 Å². The van der Waals surface area contributed by atoms with Crippen LogP contribution in [0, 0.1) is 0 Å². The number of hydrogen-bond acceptors (Lipinski definition) is 3. The molecule has 3 rings (SSSR count). The smallest absolute Gasteiger partial charge is 0.194 e. The van der Waals surface area contributed by atoms with Gasteiger partial charge in [-0.15, -0.1) is 0 Å². The maximum atomic E-state index is 11.2. The van der Waals surface area contributed by atoms with Crippen LogP contribution < -0.4 is 0 Å². The maximum absolute atomic E-state index is 11.2. The number of nitrogens with zero attached hydrogens (tertiary/aromatic N) is 2. The second-order valence-electron chi connectivity index (χ2n) is 3.42. The van der Waals surface area contributed by atoms with Crippen molar-refractivity contribution in [2.45, 2.75) is 6.92 Å². The van der Waals surface area contributed by atoms with Crippen molar-refractivity contribution in [2.24, 2.45) is 0 Å². The van der Waals surface area contributed by atoms with Crippen molar-refractivity contribution in [2.75, 3.05) is 0 Å². The highest BCUT2D eigenvalue weighted by Gasteiger charge is 2.07. The van der Waals surface area contributed by atoms with Crippen LogP contribution in [0.1, 0.15) is 17.3 Å². The Labute approximate surface area is 90.0 Å². The van der Waals surface area contributed by atoms with Gasteiger partial charge in [-0.1, -0.05) is 11.3 Å². The zero-order chi connectivity index (χ0) is 10.4. The van der Waals surface area contributed by atoms with Crippen LogP contribution in [0.5, 0.6) is 0 Å². The fraction of sp³-hybridized carbons (Fsp3) is 0.0909. The molecule has 0 unspecified atom stereocenters. The molecule has 0 N–H and O–H groups in total. The topological polar surface area (TPSA) is 34.4 Å². The SMILES string of the molecule is CC(=O)c1ccc2c(c1)sc1nccn12. The van der Waals surface area contributed by atoms with Crippen molar-refractivity contribution in [3.8, 4) is 0 Å². The van der Waals surface area contributed by atoms with E-state index in [1.165, 1.54) is 0 Å². The summed E-state index contributed by atoms with van der Waals surface area (Å²) in [5.74, 6) is 0.0999. The Hall–Kier alpha value is -1.68. The van der Waals surface area contributed by atoms with E-state index < -0.39 is 0 Å². The monoisotopic (exact) mass is 216 g/mol. The molecule has 0 saturated heterocycles. The number of fused-ring (bicyclic) bond motifs is 3. The minimum atomic E-state index is 0.0999. The molecule has 0 radical (unpaired) electrons. The van der Waals surface area contributed by atoms with Crippen molar-refractivity contribution < 1.29 is 4.79 Å². The van der Waals surface area contributed by atoms with Gasteiger partial charge in [-0.05, 0) is 25.1 Å². The zero-order valence-electron chi connectivity index (χ0n) is 8.10. The van der Waals surface area contributed by atoms with Crippen LogP contribution >= 0.6 is 11.3 Å². The largest absolute Gasteiger partial charge is 0.295 e. The Morgan fingerprint density at radius 1 is 1.47 bits per heavy atom. The number of ketones is 1. The molecular weight excluding hydrogens is 208 g/mol. The van der Waals surface area contributed by atoms with Crippen LogP contribution in [0.3, 0.4) is 0 Å². The average molecular weight is 216 g/mol. The van der Waals surface area contributed by atoms with Gasteiger partial charge >= 0.3 is 0 Å². The lowest BCUT2D eigenvalue weighted by Crippen LogP contribution is -1.90. The highest BCUT2D eigenvalue weighted by atomic mass is 32.1. The van der Waals surface area contributed by atoms with Crippen LogP contribution in [-0.4, -0.2) is 15.2 Å². The van der Waals surface area contributed by atoms with Crippen molar-refractivity contribution >= 4 is 32.3 Å². The van der Waals surface area contributed by atoms with Crippen molar-refractivity contribution in [1.29, 1.82) is 0 Å². The zero-order valence-corrected chi connectivity index (χ0v) is 8.91. The second-order valence-corrected chi connectivity index (χ2v) is 4.43. The number of imidazole rings is 1. The summed E-state index contributed by atoms with van der Waals surface area (Å²) in [5, 5.41) is 0. The molecule has 0 saturated carbocycles. The van der Waals surface area contributed by atoms with E-state index in [0.717, 1.165) is 20.7 Å². The van der Waals surface area contributed by atoms with Gasteiger partial charge in [-0.25, -0.2) is 4.98 Å². The Bertz CT molecular complexity index is 665. The molecule has 3 nitrogen and oxygen atoms in total. The Balaban J connectivity index is 2.40. The number of rotatable bonds is 1. The molecule has 0 bridgehead atoms. The number of carbonyl (C=O) groups excluding carboxylic acids is 1. The summed E-state index contributed by atoms with van der Waals surface area (Å²) in [7, 11) is 0. The maximum Gasteiger partial charge on any atom is 0.194 e. The van der Waals surface area contributed by atoms with Gasteiger partial charge in [0.05, 0.1) is 10.2 Å². The first-order valence-electron chi connectivity index (χ1n) is 4.62. The van der Waals surface area contributed by atoms with E-state index in [0.29, 0.717) is 0 Å². The summed E-state index contributed by atoms with van der Waals surface area (Å²) in [4.78, 5) is 16.4. The van der Waals surface area contributed by atoms with E-state index in [1.54, 1.807) is 24.5 Å². The molecule has 0 spiro atoms. The quantitative estimate of drug-likeness (QED) is 0.586. The van der Waals surface area contributed by atoms with Gasteiger partial charge in [-0.2, -0.15) is 0 Å². The molecule has 0 atom stereocenters. The second kappa shape index (κ2) is 2.90. The molecule has 0 aliphatic rings. The van der Waals surface area contributed by atoms with E-state index in [9.17, 15) is 4.79 Å². The molecule has 4 heteroatoms. The minimum absolute atomic E-state index is 0.0999. The molecule has 2 heterocycles. The predicted octanol–water partition coefficient (Wildman–Crippen LogP) is 2.75. The van der Waals surface area contributed by atoms with Crippen LogP contribution in [0.2, 0.25) is 0 Å². The minimum Gasteiger partial charge on any atom is -0.295 e. The number of hydrogen-bond donors (Lipinski definition) is 0. The van der Waals surface area contributed by atoms with Gasteiger partial charge in [0.25, 0.3) is 0 Å². The molecule has 1 aromatic carbocycles. The van der Waals surface area contributed by atoms with Crippen molar-refractivity contribution in [3.05, 3.63) is 36.2 Å². The molecule has 74 valence electrons. The Morgan fingerprint density at radius 3 is 3.13 bits per heavy atom. The third-order valence-electron chi connectivity index (χ3n) is 2.43. The number of Topliss-reactive ketones (excluding diaryl/α,β-unsaturated/α-hetero) is 1. The fourth-order valence-corrected chi connectivity index (χ4v) is 2.69. The third-order valence-corrected chi connectivity index (χ3v) is 3.47. The number of benzene rings is 1. The molecule has 0 fully saturated rings. The van der Waals surface area contributed by atoms with Crippen LogP contribution in [0.15, 0.2) is 30.6 Å². The Kier molecular flexibility index (Phi) is 1.67. The number of thiazole rings is 1. The first kappa shape index (κ1) is 8.61. The lowest BCUT2D eigenvalue weighted by atomic mass is 10.1. The lowest BCUT2D eigenvalue weighted by Gasteiger charge is -1.95. The Morgan fingerprint density at radius 2 is 2.33 bits per heavy atom. The van der Waals surface area contributed by atoms with E-state index in [1.807, 2.05) is 28.8 Å². The van der Waals surface area contributed by atoms with E-state index in [2.05, 4.69) is 4.98 Å². The summed E-state index contributed by atoms with van der Waals surface area (Å²) in [6.07, 6.45) is 3.71. The summed E-state index contributed by atoms with van der Waals surface area (Å²) in [6, 6.07) is 5.76. The molecule has 3 aromatic rings. The van der Waals surface area contributed by atoms with Gasteiger partial charge in [0, 0.05) is 18.0 Å². The summed E-state index contributed by atoms with van der Waals surface area (Å²) >= 11 is 1.60. The molecule has 0 amide bonds. The number of carbonyl (C=O) groups is 1. The predicted molar refractivity (Wildman–Crippen MR) is 60.6 cm³/mol. The third kappa shape index (κ3) is 1.18. The van der Waals surface area contributed by atoms with Crippen LogP contribution in [-0.2, 0) is 0 Å². The molecule has 15 heavy (non-hydrogen) atoms. The standard InChI is InChI=1S/C11H8N2OS/c1-7(14)8-2-3-9-10(6-8)15-11-12-4-5-13(9)11/h2-6H,1H3. The van der Waals surface area contributed by atoms with Crippen LogP contribution in [0.25, 0.3) is 15.2 Å². The molecule has 2 aromatic heterocycles. The van der Waals surface area contributed by atoms with Gasteiger partial charge in [0.15, 0.2) is 10.7 Å². The van der Waals surface area contributed by atoms with Crippen molar-refractivity contribution in [3.63, 3.8) is 0 Å². The first-order chi connectivity index (χ1) is 7.25. The van der Waals surface area contributed by atoms with E-state index >= 15 is 0 Å². The summed E-state index contributed by atoms with van der Waals surface area (Å²) < 4.78 is 3.13. The highest BCUT2D eigenvalue weighted by molar-refractivity contribution is 7.23. The highest BCUT2D eigenvalue weighted by Crippen LogP contribution is 2.26. The average Bonchev–Trinajstić information content (AvgIpc) is 2.75. The van der Waals surface area contributed by atoms with E-state index in [4.69, 9.17) is 0 Å². The van der Waals surface area contributed by atoms with Crippen molar-refractivity contribution in [1.82, 2.24) is 9.38 Å². The molecule has 0 aliphatic heterocycles.